The molecule has 2 aromatic carbocycles. The molecule has 6 nitrogen and oxygen atoms in total. The summed E-state index contributed by atoms with van der Waals surface area (Å²) < 4.78 is 16.2. The minimum absolute atomic E-state index is 0.527. The molecule has 1 heterocycles. The van der Waals surface area contributed by atoms with Crippen LogP contribution in [0.5, 0.6) is 17.2 Å². The molecule has 0 radical (unpaired) electrons. The Balaban J connectivity index is 1.91. The average Bonchev–Trinajstić information content (AvgIpc) is 2.68. The van der Waals surface area contributed by atoms with Crippen molar-refractivity contribution in [1.29, 1.82) is 0 Å². The predicted octanol–water partition coefficient (Wildman–Crippen LogP) is 4.63. The van der Waals surface area contributed by atoms with Crippen LogP contribution in [0.2, 0.25) is 0 Å². The van der Waals surface area contributed by atoms with Crippen molar-refractivity contribution in [3.63, 3.8) is 0 Å². The lowest BCUT2D eigenvalue weighted by Gasteiger charge is -2.13. The average molecular weight is 379 g/mol. The Morgan fingerprint density at radius 2 is 1.64 bits per heavy atom. The maximum absolute atomic E-state index is 5.48. The van der Waals surface area contributed by atoms with E-state index in [4.69, 9.17) is 19.2 Å². The number of pyridine rings is 1. The molecule has 3 rings (SSSR count). The van der Waals surface area contributed by atoms with Crippen molar-refractivity contribution in [1.82, 2.24) is 4.98 Å². The van der Waals surface area contributed by atoms with Crippen molar-refractivity contribution in [2.45, 2.75) is 20.8 Å². The van der Waals surface area contributed by atoms with Crippen LogP contribution >= 0.6 is 0 Å². The second-order valence-corrected chi connectivity index (χ2v) is 6.60. The van der Waals surface area contributed by atoms with Crippen molar-refractivity contribution < 1.29 is 14.2 Å². The SMILES string of the molecule is COc1ccc(C=NNc2cc(C)c3cc(C)cc(C)c3n2)c(OC)c1OC. The molecule has 0 saturated heterocycles. The summed E-state index contributed by atoms with van der Waals surface area (Å²) in [6.07, 6.45) is 1.67. The Labute approximate surface area is 165 Å². The molecule has 0 atom stereocenters. The number of nitrogens with one attached hydrogen (secondary N) is 1. The van der Waals surface area contributed by atoms with E-state index < -0.39 is 0 Å². The molecule has 3 aromatic rings. The molecular weight excluding hydrogens is 354 g/mol. The van der Waals surface area contributed by atoms with Crippen molar-refractivity contribution in [2.24, 2.45) is 5.10 Å². The number of hydrogen-bond acceptors (Lipinski definition) is 6. The minimum Gasteiger partial charge on any atom is -0.493 e. The van der Waals surface area contributed by atoms with Crippen LogP contribution in [-0.4, -0.2) is 32.5 Å². The molecule has 28 heavy (non-hydrogen) atoms. The van der Waals surface area contributed by atoms with Crippen LogP contribution in [-0.2, 0) is 0 Å². The zero-order chi connectivity index (χ0) is 20.3. The third kappa shape index (κ3) is 3.71. The van der Waals surface area contributed by atoms with Crippen LogP contribution in [0.3, 0.4) is 0 Å². The van der Waals surface area contributed by atoms with Crippen molar-refractivity contribution >= 4 is 22.9 Å². The van der Waals surface area contributed by atoms with E-state index in [1.54, 1.807) is 27.5 Å². The first-order valence-electron chi connectivity index (χ1n) is 8.95. The third-order valence-electron chi connectivity index (χ3n) is 4.57. The summed E-state index contributed by atoms with van der Waals surface area (Å²) in [4.78, 5) is 4.71. The number of fused-ring (bicyclic) bond motifs is 1. The van der Waals surface area contributed by atoms with E-state index in [1.807, 2.05) is 18.2 Å². The van der Waals surface area contributed by atoms with Gasteiger partial charge in [-0.2, -0.15) is 5.10 Å². The second kappa shape index (κ2) is 8.17. The number of aromatic nitrogens is 1. The van der Waals surface area contributed by atoms with Crippen molar-refractivity contribution in [3.05, 3.63) is 52.6 Å². The quantitative estimate of drug-likeness (QED) is 0.500. The van der Waals surface area contributed by atoms with E-state index in [9.17, 15) is 0 Å². The third-order valence-corrected chi connectivity index (χ3v) is 4.57. The molecule has 0 unspecified atom stereocenters. The highest BCUT2D eigenvalue weighted by Crippen LogP contribution is 2.39. The van der Waals surface area contributed by atoms with Gasteiger partial charge in [-0.25, -0.2) is 4.98 Å². The lowest BCUT2D eigenvalue weighted by Crippen LogP contribution is -2.00. The number of ether oxygens (including phenoxy) is 3. The van der Waals surface area contributed by atoms with Crippen LogP contribution in [0.1, 0.15) is 22.3 Å². The molecule has 0 aliphatic carbocycles. The van der Waals surface area contributed by atoms with Gasteiger partial charge in [-0.3, -0.25) is 5.43 Å². The molecule has 0 spiro atoms. The van der Waals surface area contributed by atoms with E-state index in [0.29, 0.717) is 23.1 Å². The number of benzene rings is 2. The molecule has 0 saturated carbocycles. The number of rotatable bonds is 6. The molecule has 0 aliphatic heterocycles. The fraction of sp³-hybridized carbons (Fsp3) is 0.273. The van der Waals surface area contributed by atoms with E-state index in [1.165, 1.54) is 5.56 Å². The van der Waals surface area contributed by atoms with Gasteiger partial charge in [0.05, 0.1) is 33.1 Å². The first-order chi connectivity index (χ1) is 13.5. The van der Waals surface area contributed by atoms with Crippen LogP contribution in [0.15, 0.2) is 35.4 Å². The summed E-state index contributed by atoms with van der Waals surface area (Å²) >= 11 is 0. The molecule has 1 N–H and O–H groups in total. The van der Waals surface area contributed by atoms with Gasteiger partial charge in [0.25, 0.3) is 0 Å². The number of hydrogen-bond donors (Lipinski definition) is 1. The molecule has 1 aromatic heterocycles. The van der Waals surface area contributed by atoms with Gasteiger partial charge in [-0.15, -0.1) is 0 Å². The van der Waals surface area contributed by atoms with E-state index >= 15 is 0 Å². The predicted molar refractivity (Wildman–Crippen MR) is 113 cm³/mol. The molecule has 0 aliphatic rings. The zero-order valence-corrected chi connectivity index (χ0v) is 17.1. The van der Waals surface area contributed by atoms with E-state index in [-0.39, 0.29) is 0 Å². The van der Waals surface area contributed by atoms with Crippen molar-refractivity contribution in [3.8, 4) is 17.2 Å². The first-order valence-corrected chi connectivity index (χ1v) is 8.95. The Morgan fingerprint density at radius 3 is 2.32 bits per heavy atom. The van der Waals surface area contributed by atoms with E-state index in [0.717, 1.165) is 27.6 Å². The summed E-state index contributed by atoms with van der Waals surface area (Å²) in [7, 11) is 4.75. The Bertz CT molecular complexity index is 1050. The monoisotopic (exact) mass is 379 g/mol. The Hall–Kier alpha value is -3.28. The van der Waals surface area contributed by atoms with Gasteiger partial charge in [-0.05, 0) is 56.2 Å². The molecular formula is C22H25N3O3. The largest absolute Gasteiger partial charge is 0.493 e. The van der Waals surface area contributed by atoms with Crippen LogP contribution in [0.25, 0.3) is 10.9 Å². The highest BCUT2D eigenvalue weighted by atomic mass is 16.5. The second-order valence-electron chi connectivity index (χ2n) is 6.60. The van der Waals surface area contributed by atoms with Gasteiger partial charge in [0, 0.05) is 10.9 Å². The van der Waals surface area contributed by atoms with Crippen molar-refractivity contribution in [2.75, 3.05) is 26.8 Å². The normalized spacial score (nSPS) is 11.1. The van der Waals surface area contributed by atoms with Gasteiger partial charge in [0.2, 0.25) is 5.75 Å². The fourth-order valence-corrected chi connectivity index (χ4v) is 3.30. The molecule has 0 amide bonds. The number of anilines is 1. The maximum Gasteiger partial charge on any atom is 0.203 e. The van der Waals surface area contributed by atoms with Gasteiger partial charge in [-0.1, -0.05) is 11.6 Å². The summed E-state index contributed by atoms with van der Waals surface area (Å²) in [5.41, 5.74) is 8.28. The smallest absolute Gasteiger partial charge is 0.203 e. The lowest BCUT2D eigenvalue weighted by molar-refractivity contribution is 0.324. The van der Waals surface area contributed by atoms with E-state index in [2.05, 4.69) is 43.4 Å². The Kier molecular flexibility index (Phi) is 5.68. The molecule has 0 bridgehead atoms. The topological polar surface area (TPSA) is 65.0 Å². The number of nitrogens with zero attached hydrogens (tertiary/aromatic N) is 2. The summed E-state index contributed by atoms with van der Waals surface area (Å²) in [5, 5.41) is 5.49. The van der Waals surface area contributed by atoms with Crippen LogP contribution in [0.4, 0.5) is 5.82 Å². The van der Waals surface area contributed by atoms with Gasteiger partial charge >= 0.3 is 0 Å². The highest BCUT2D eigenvalue weighted by molar-refractivity contribution is 5.88. The summed E-state index contributed by atoms with van der Waals surface area (Å²) in [5.74, 6) is 2.37. The molecule has 146 valence electrons. The maximum atomic E-state index is 5.48. The minimum atomic E-state index is 0.527. The van der Waals surface area contributed by atoms with Gasteiger partial charge in [0.15, 0.2) is 11.5 Å². The van der Waals surface area contributed by atoms with Crippen LogP contribution < -0.4 is 19.6 Å². The highest BCUT2D eigenvalue weighted by Gasteiger charge is 2.14. The van der Waals surface area contributed by atoms with Gasteiger partial charge in [0.1, 0.15) is 5.82 Å². The molecule has 0 fully saturated rings. The Morgan fingerprint density at radius 1 is 0.893 bits per heavy atom. The lowest BCUT2D eigenvalue weighted by atomic mass is 10.0. The number of hydrazone groups is 1. The molecule has 6 heteroatoms. The number of aryl methyl sites for hydroxylation is 3. The van der Waals surface area contributed by atoms with Crippen LogP contribution in [0, 0.1) is 20.8 Å². The summed E-state index contributed by atoms with van der Waals surface area (Å²) in [6.45, 7) is 6.25. The number of methoxy groups -OCH3 is 3. The summed E-state index contributed by atoms with van der Waals surface area (Å²) in [6, 6.07) is 9.96. The van der Waals surface area contributed by atoms with Gasteiger partial charge < -0.3 is 14.2 Å². The standard InChI is InChI=1S/C22H25N3O3/c1-13-9-15(3)20-17(10-13)14(2)11-19(24-20)25-23-12-16-7-8-18(26-4)22(28-6)21(16)27-5/h7-12H,1-6H3,(H,24,25). The first kappa shape index (κ1) is 19.5. The zero-order valence-electron chi connectivity index (χ0n) is 17.1. The fourth-order valence-electron chi connectivity index (χ4n) is 3.30.